The topological polar surface area (TPSA) is 96.6 Å². The standard InChI is InChI=1S/C37H41Cl2F3N6O2/c38-31-3-1-4-32(39)30(31)21-47-19-28-29(20-47)34(28)46-18-23-5-10-33-26(17-23)27(24-6-8-25(9-7-24)50-37(40,41)42)22-48(33)16-2-13-45-35(49)36(43)11-14-44-15-12-36/h1,3-10,17,22,28-29,34,44,46H,2,11-16,18-21,43H2,(H,45,49). The van der Waals surface area contributed by atoms with Crippen LogP contribution in [-0.2, 0) is 24.4 Å². The van der Waals surface area contributed by atoms with Gasteiger partial charge in [0.05, 0.1) is 5.54 Å². The first-order chi connectivity index (χ1) is 24.0. The Labute approximate surface area is 299 Å². The molecule has 5 N–H and O–H groups in total. The van der Waals surface area contributed by atoms with Crippen LogP contribution >= 0.6 is 23.2 Å². The Kier molecular flexibility index (Phi) is 10.1. The van der Waals surface area contributed by atoms with Crippen LogP contribution in [0.25, 0.3) is 22.0 Å². The van der Waals surface area contributed by atoms with Crippen molar-refractivity contribution in [1.82, 2.24) is 25.4 Å². The summed E-state index contributed by atoms with van der Waals surface area (Å²) in [6.45, 7) is 6.02. The Morgan fingerprint density at radius 2 is 1.72 bits per heavy atom. The third kappa shape index (κ3) is 7.78. The van der Waals surface area contributed by atoms with Gasteiger partial charge in [0.25, 0.3) is 0 Å². The minimum absolute atomic E-state index is 0.118. The van der Waals surface area contributed by atoms with Crippen molar-refractivity contribution < 1.29 is 22.7 Å². The highest BCUT2D eigenvalue weighted by Gasteiger charge is 2.55. The molecule has 2 aliphatic heterocycles. The van der Waals surface area contributed by atoms with Crippen LogP contribution in [0.4, 0.5) is 13.2 Å². The van der Waals surface area contributed by atoms with E-state index in [9.17, 15) is 18.0 Å². The van der Waals surface area contributed by atoms with Gasteiger partial charge in [-0.1, -0.05) is 47.5 Å². The van der Waals surface area contributed by atoms with Crippen molar-refractivity contribution in [2.24, 2.45) is 17.6 Å². The molecule has 2 unspecified atom stereocenters. The molecule has 2 atom stereocenters. The SMILES string of the molecule is NC1(C(=O)NCCCn2cc(-c3ccc(OC(F)(F)F)cc3)c3cc(CNC4C5CN(Cc6c(Cl)cccc6Cl)CC54)ccc32)CCNCC1. The minimum Gasteiger partial charge on any atom is -0.406 e. The lowest BCUT2D eigenvalue weighted by Crippen LogP contribution is -2.59. The number of nitrogens with zero attached hydrogens (tertiary/aromatic N) is 2. The Hall–Kier alpha value is -3.32. The fourth-order valence-corrected chi connectivity index (χ4v) is 8.14. The van der Waals surface area contributed by atoms with E-state index < -0.39 is 11.9 Å². The molecule has 1 aromatic heterocycles. The molecule has 8 nitrogen and oxygen atoms in total. The predicted octanol–water partition coefficient (Wildman–Crippen LogP) is 6.32. The number of aromatic nitrogens is 1. The highest BCUT2D eigenvalue weighted by atomic mass is 35.5. The van der Waals surface area contributed by atoms with Gasteiger partial charge in [0, 0.05) is 83.6 Å². The number of benzene rings is 3. The van der Waals surface area contributed by atoms with E-state index in [2.05, 4.69) is 48.4 Å². The maximum Gasteiger partial charge on any atom is 0.573 e. The molecule has 266 valence electrons. The van der Waals surface area contributed by atoms with Gasteiger partial charge >= 0.3 is 6.36 Å². The molecule has 0 spiro atoms. The maximum absolute atomic E-state index is 12.8. The Morgan fingerprint density at radius 3 is 2.40 bits per heavy atom. The van der Waals surface area contributed by atoms with E-state index >= 15 is 0 Å². The second-order valence-electron chi connectivity index (χ2n) is 13.8. The molecular formula is C37H41Cl2F3N6O2. The molecule has 1 aliphatic carbocycles. The van der Waals surface area contributed by atoms with Gasteiger partial charge < -0.3 is 31.0 Å². The van der Waals surface area contributed by atoms with Crippen LogP contribution in [0, 0.1) is 11.8 Å². The molecule has 0 radical (unpaired) electrons. The summed E-state index contributed by atoms with van der Waals surface area (Å²) in [6, 6.07) is 18.4. The average molecular weight is 730 g/mol. The molecule has 3 aromatic carbocycles. The lowest BCUT2D eigenvalue weighted by Gasteiger charge is -2.32. The molecule has 0 bridgehead atoms. The second kappa shape index (κ2) is 14.4. The van der Waals surface area contributed by atoms with Crippen LogP contribution in [0.5, 0.6) is 5.75 Å². The molecule has 7 rings (SSSR count). The van der Waals surface area contributed by atoms with Crippen molar-refractivity contribution in [3.05, 3.63) is 88.0 Å². The number of alkyl halides is 3. The summed E-state index contributed by atoms with van der Waals surface area (Å²) in [4.78, 5) is 15.2. The van der Waals surface area contributed by atoms with E-state index in [1.807, 2.05) is 24.4 Å². The quantitative estimate of drug-likeness (QED) is 0.128. The largest absolute Gasteiger partial charge is 0.573 e. The highest BCUT2D eigenvalue weighted by molar-refractivity contribution is 6.36. The Balaban J connectivity index is 1.02. The number of aryl methyl sites for hydroxylation is 1. The molecule has 13 heteroatoms. The number of halogens is 5. The van der Waals surface area contributed by atoms with Gasteiger partial charge in [0.2, 0.25) is 5.91 Å². The first-order valence-corrected chi connectivity index (χ1v) is 17.9. The smallest absolute Gasteiger partial charge is 0.406 e. The number of ether oxygens (including phenoxy) is 1. The van der Waals surface area contributed by atoms with Gasteiger partial charge in [-0.25, -0.2) is 0 Å². The fraction of sp³-hybridized carbons (Fsp3) is 0.432. The summed E-state index contributed by atoms with van der Waals surface area (Å²) in [6.07, 6.45) is -0.823. The van der Waals surface area contributed by atoms with Crippen LogP contribution in [0.2, 0.25) is 10.0 Å². The number of hydrogen-bond acceptors (Lipinski definition) is 6. The first-order valence-electron chi connectivity index (χ1n) is 17.1. The summed E-state index contributed by atoms with van der Waals surface area (Å²) in [5, 5.41) is 12.4. The number of piperidine rings is 2. The molecule has 3 fully saturated rings. The molecule has 3 heterocycles. The predicted molar refractivity (Wildman–Crippen MR) is 190 cm³/mol. The zero-order chi connectivity index (χ0) is 35.0. The zero-order valence-corrected chi connectivity index (χ0v) is 29.1. The second-order valence-corrected chi connectivity index (χ2v) is 14.6. The number of carbonyl (C=O) groups is 1. The van der Waals surface area contributed by atoms with E-state index in [1.54, 1.807) is 12.1 Å². The number of carbonyl (C=O) groups excluding carboxylic acids is 1. The van der Waals surface area contributed by atoms with Crippen molar-refractivity contribution in [3.8, 4) is 16.9 Å². The normalized spacial score (nSPS) is 21.7. The summed E-state index contributed by atoms with van der Waals surface area (Å²) in [7, 11) is 0. The molecule has 50 heavy (non-hydrogen) atoms. The van der Waals surface area contributed by atoms with Crippen LogP contribution in [0.3, 0.4) is 0 Å². The zero-order valence-electron chi connectivity index (χ0n) is 27.5. The van der Waals surface area contributed by atoms with Crippen molar-refractivity contribution >= 4 is 40.0 Å². The molecule has 1 saturated carbocycles. The number of likely N-dealkylation sites (tertiary alicyclic amines) is 1. The lowest BCUT2D eigenvalue weighted by atomic mass is 9.88. The van der Waals surface area contributed by atoms with Gasteiger partial charge in [-0.3, -0.25) is 9.69 Å². The van der Waals surface area contributed by atoms with Crippen molar-refractivity contribution in [1.29, 1.82) is 0 Å². The van der Waals surface area contributed by atoms with E-state index in [4.69, 9.17) is 28.9 Å². The maximum atomic E-state index is 12.8. The number of rotatable bonds is 12. The number of fused-ring (bicyclic) bond motifs is 2. The van der Waals surface area contributed by atoms with E-state index in [1.165, 1.54) is 12.1 Å². The van der Waals surface area contributed by atoms with Crippen LogP contribution < -0.4 is 26.4 Å². The van der Waals surface area contributed by atoms with Gasteiger partial charge in [-0.15, -0.1) is 13.2 Å². The number of nitrogens with two attached hydrogens (primary N) is 1. The molecule has 2 saturated heterocycles. The van der Waals surface area contributed by atoms with Gasteiger partial charge in [-0.05, 0) is 91.7 Å². The van der Waals surface area contributed by atoms with E-state index in [0.717, 1.165) is 65.9 Å². The van der Waals surface area contributed by atoms with Crippen molar-refractivity contribution in [3.63, 3.8) is 0 Å². The van der Waals surface area contributed by atoms with E-state index in [0.29, 0.717) is 66.8 Å². The molecule has 3 aliphatic rings. The minimum atomic E-state index is -4.76. The highest BCUT2D eigenvalue weighted by Crippen LogP contribution is 2.46. The lowest BCUT2D eigenvalue weighted by molar-refractivity contribution is -0.274. The third-order valence-corrected chi connectivity index (χ3v) is 11.1. The molecule has 4 aromatic rings. The van der Waals surface area contributed by atoms with Gasteiger partial charge in [-0.2, -0.15) is 0 Å². The monoisotopic (exact) mass is 728 g/mol. The average Bonchev–Trinajstić information content (AvgIpc) is 3.35. The number of nitrogens with one attached hydrogen (secondary N) is 3. The Bertz CT molecular complexity index is 1810. The van der Waals surface area contributed by atoms with Crippen molar-refractivity contribution in [2.75, 3.05) is 32.7 Å². The van der Waals surface area contributed by atoms with Crippen molar-refractivity contribution in [2.45, 2.75) is 56.8 Å². The van der Waals surface area contributed by atoms with E-state index in [-0.39, 0.29) is 11.7 Å². The summed E-state index contributed by atoms with van der Waals surface area (Å²) < 4.78 is 44.7. The molecule has 1 amide bonds. The van der Waals surface area contributed by atoms with Gasteiger partial charge in [0.1, 0.15) is 5.75 Å². The van der Waals surface area contributed by atoms with Gasteiger partial charge in [0.15, 0.2) is 0 Å². The third-order valence-electron chi connectivity index (χ3n) is 10.4. The Morgan fingerprint density at radius 1 is 1.02 bits per heavy atom. The summed E-state index contributed by atoms with van der Waals surface area (Å²) in [5.41, 5.74) is 10.3. The van der Waals surface area contributed by atoms with Crippen LogP contribution in [0.15, 0.2) is 66.9 Å². The first kappa shape index (κ1) is 35.1. The molecular weight excluding hydrogens is 688 g/mol. The summed E-state index contributed by atoms with van der Waals surface area (Å²) in [5.74, 6) is 0.783. The number of hydrogen-bond donors (Lipinski definition) is 4. The number of amides is 1. The van der Waals surface area contributed by atoms with Crippen LogP contribution in [-0.4, -0.2) is 66.0 Å². The van der Waals surface area contributed by atoms with Crippen LogP contribution in [0.1, 0.15) is 30.4 Å². The fourth-order valence-electron chi connectivity index (χ4n) is 7.62. The summed E-state index contributed by atoms with van der Waals surface area (Å²) >= 11 is 12.8.